The molecule has 5 heteroatoms. The van der Waals surface area contributed by atoms with Gasteiger partial charge in [-0.1, -0.05) is 0 Å². The van der Waals surface area contributed by atoms with E-state index < -0.39 is 5.97 Å². The van der Waals surface area contributed by atoms with Gasteiger partial charge in [0.15, 0.2) is 0 Å². The van der Waals surface area contributed by atoms with Crippen molar-refractivity contribution in [2.24, 2.45) is 0 Å². The molecule has 1 aromatic heterocycles. The number of carbonyl (C=O) groups is 2. The summed E-state index contributed by atoms with van der Waals surface area (Å²) in [4.78, 5) is 25.5. The fraction of sp³-hybridized carbons (Fsp3) is 0.455. The van der Waals surface area contributed by atoms with Crippen molar-refractivity contribution in [3.8, 4) is 0 Å². The highest BCUT2D eigenvalue weighted by atomic mass is 32.1. The molecule has 0 saturated heterocycles. The van der Waals surface area contributed by atoms with Gasteiger partial charge in [-0.15, -0.1) is 11.3 Å². The van der Waals surface area contributed by atoms with E-state index in [1.807, 2.05) is 13.0 Å². The van der Waals surface area contributed by atoms with Crippen LogP contribution in [0.5, 0.6) is 0 Å². The summed E-state index contributed by atoms with van der Waals surface area (Å²) in [6.07, 6.45) is 0.586. The van der Waals surface area contributed by atoms with Gasteiger partial charge in [-0.05, 0) is 25.5 Å². The third kappa shape index (κ3) is 3.66. The van der Waals surface area contributed by atoms with Crippen LogP contribution in [0.2, 0.25) is 0 Å². The molecule has 16 heavy (non-hydrogen) atoms. The molecule has 1 amide bonds. The smallest absolute Gasteiger partial charge is 0.303 e. The molecule has 4 nitrogen and oxygen atoms in total. The van der Waals surface area contributed by atoms with Gasteiger partial charge in [-0.3, -0.25) is 9.59 Å². The number of amides is 1. The fourth-order valence-corrected chi connectivity index (χ4v) is 2.17. The molecule has 0 aliphatic heterocycles. The lowest BCUT2D eigenvalue weighted by molar-refractivity contribution is -0.137. The number of carbonyl (C=O) groups excluding carboxylic acids is 1. The Kier molecular flexibility index (Phi) is 4.49. The van der Waals surface area contributed by atoms with E-state index in [0.29, 0.717) is 17.8 Å². The van der Waals surface area contributed by atoms with Gasteiger partial charge in [-0.2, -0.15) is 0 Å². The number of carboxylic acids is 1. The molecule has 0 atom stereocenters. The minimum Gasteiger partial charge on any atom is -0.481 e. The van der Waals surface area contributed by atoms with Crippen LogP contribution >= 0.6 is 11.3 Å². The predicted molar refractivity (Wildman–Crippen MR) is 62.9 cm³/mol. The predicted octanol–water partition coefficient (Wildman–Crippen LogP) is 1.99. The third-order valence-corrected chi connectivity index (χ3v) is 3.17. The first-order valence-corrected chi connectivity index (χ1v) is 5.86. The molecule has 0 radical (unpaired) electrons. The minimum atomic E-state index is -0.826. The standard InChI is InChI=1S/C11H15NO3S/c1-8-5-6-9(16-8)11(15)12(2)7-3-4-10(13)14/h5-6H,3-4,7H2,1-2H3,(H,13,14). The molecular weight excluding hydrogens is 226 g/mol. The van der Waals surface area contributed by atoms with Crippen LogP contribution < -0.4 is 0 Å². The Labute approximate surface area is 98.5 Å². The summed E-state index contributed by atoms with van der Waals surface area (Å²) < 4.78 is 0. The van der Waals surface area contributed by atoms with E-state index in [2.05, 4.69) is 0 Å². The summed E-state index contributed by atoms with van der Waals surface area (Å²) in [7, 11) is 1.69. The zero-order valence-corrected chi connectivity index (χ0v) is 10.2. The first-order valence-electron chi connectivity index (χ1n) is 5.04. The third-order valence-electron chi connectivity index (χ3n) is 2.18. The Bertz CT molecular complexity index is 386. The molecule has 0 unspecified atom stereocenters. The van der Waals surface area contributed by atoms with Gasteiger partial charge in [-0.25, -0.2) is 0 Å². The van der Waals surface area contributed by atoms with Crippen molar-refractivity contribution in [1.82, 2.24) is 4.90 Å². The number of thiophene rings is 1. The van der Waals surface area contributed by atoms with E-state index in [4.69, 9.17) is 5.11 Å². The highest BCUT2D eigenvalue weighted by Gasteiger charge is 2.13. The highest BCUT2D eigenvalue weighted by Crippen LogP contribution is 2.16. The van der Waals surface area contributed by atoms with Crippen LogP contribution in [0.4, 0.5) is 0 Å². The van der Waals surface area contributed by atoms with Gasteiger partial charge in [0.1, 0.15) is 0 Å². The quantitative estimate of drug-likeness (QED) is 0.857. The van der Waals surface area contributed by atoms with E-state index in [1.165, 1.54) is 11.3 Å². The summed E-state index contributed by atoms with van der Waals surface area (Å²) in [6.45, 7) is 2.42. The first kappa shape index (κ1) is 12.7. The Hall–Kier alpha value is -1.36. The van der Waals surface area contributed by atoms with Crippen LogP contribution in [0.15, 0.2) is 12.1 Å². The van der Waals surface area contributed by atoms with E-state index in [9.17, 15) is 9.59 Å². The maximum atomic E-state index is 11.8. The van der Waals surface area contributed by atoms with Crippen molar-refractivity contribution < 1.29 is 14.7 Å². The molecule has 0 bridgehead atoms. The normalized spacial score (nSPS) is 10.1. The summed E-state index contributed by atoms with van der Waals surface area (Å²) in [5.74, 6) is -0.865. The van der Waals surface area contributed by atoms with Crippen LogP contribution in [0.3, 0.4) is 0 Å². The molecule has 0 spiro atoms. The summed E-state index contributed by atoms with van der Waals surface area (Å²) in [5.41, 5.74) is 0. The molecule has 1 heterocycles. The maximum absolute atomic E-state index is 11.8. The molecule has 0 aliphatic carbocycles. The van der Waals surface area contributed by atoms with Gasteiger partial charge in [0.25, 0.3) is 5.91 Å². The molecule has 88 valence electrons. The second-order valence-electron chi connectivity index (χ2n) is 3.63. The Morgan fingerprint density at radius 3 is 2.62 bits per heavy atom. The van der Waals surface area contributed by atoms with Crippen molar-refractivity contribution in [3.63, 3.8) is 0 Å². The van der Waals surface area contributed by atoms with Crippen molar-refractivity contribution in [3.05, 3.63) is 21.9 Å². The van der Waals surface area contributed by atoms with Gasteiger partial charge in [0.2, 0.25) is 0 Å². The second-order valence-corrected chi connectivity index (χ2v) is 4.92. The van der Waals surface area contributed by atoms with E-state index in [-0.39, 0.29) is 12.3 Å². The van der Waals surface area contributed by atoms with Gasteiger partial charge in [0.05, 0.1) is 4.88 Å². The van der Waals surface area contributed by atoms with E-state index in [0.717, 1.165) is 4.88 Å². The number of aliphatic carboxylic acids is 1. The molecule has 0 aromatic carbocycles. The van der Waals surface area contributed by atoms with Crippen LogP contribution in [-0.4, -0.2) is 35.5 Å². The largest absolute Gasteiger partial charge is 0.481 e. The summed E-state index contributed by atoms with van der Waals surface area (Å²) >= 11 is 1.46. The molecule has 0 aliphatic rings. The lowest BCUT2D eigenvalue weighted by atomic mass is 10.3. The fourth-order valence-electron chi connectivity index (χ4n) is 1.31. The lowest BCUT2D eigenvalue weighted by Crippen LogP contribution is -2.27. The number of rotatable bonds is 5. The Balaban J connectivity index is 2.45. The molecule has 1 rings (SSSR count). The zero-order chi connectivity index (χ0) is 12.1. The molecular formula is C11H15NO3S. The number of hydrogen-bond donors (Lipinski definition) is 1. The molecule has 0 saturated carbocycles. The number of hydrogen-bond acceptors (Lipinski definition) is 3. The van der Waals surface area contributed by atoms with Crippen LogP contribution in [0.25, 0.3) is 0 Å². The van der Waals surface area contributed by atoms with Crippen LogP contribution in [-0.2, 0) is 4.79 Å². The highest BCUT2D eigenvalue weighted by molar-refractivity contribution is 7.13. The van der Waals surface area contributed by atoms with E-state index >= 15 is 0 Å². The average Bonchev–Trinajstić information content (AvgIpc) is 2.63. The van der Waals surface area contributed by atoms with Crippen LogP contribution in [0.1, 0.15) is 27.4 Å². The Morgan fingerprint density at radius 1 is 1.44 bits per heavy atom. The van der Waals surface area contributed by atoms with Gasteiger partial charge in [0, 0.05) is 24.9 Å². The lowest BCUT2D eigenvalue weighted by Gasteiger charge is -2.15. The van der Waals surface area contributed by atoms with Crippen molar-refractivity contribution in [2.75, 3.05) is 13.6 Å². The zero-order valence-electron chi connectivity index (χ0n) is 9.40. The van der Waals surface area contributed by atoms with Crippen molar-refractivity contribution in [2.45, 2.75) is 19.8 Å². The first-order chi connectivity index (χ1) is 7.50. The monoisotopic (exact) mass is 241 g/mol. The average molecular weight is 241 g/mol. The SMILES string of the molecule is Cc1ccc(C(=O)N(C)CCCC(=O)O)s1. The topological polar surface area (TPSA) is 57.6 Å². The minimum absolute atomic E-state index is 0.0384. The number of carboxylic acid groups (broad SMARTS) is 1. The van der Waals surface area contributed by atoms with Gasteiger partial charge >= 0.3 is 5.97 Å². The van der Waals surface area contributed by atoms with Crippen molar-refractivity contribution >= 4 is 23.2 Å². The summed E-state index contributed by atoms with van der Waals surface area (Å²) in [6, 6.07) is 3.71. The Morgan fingerprint density at radius 2 is 2.12 bits per heavy atom. The summed E-state index contributed by atoms with van der Waals surface area (Å²) in [5, 5.41) is 8.48. The maximum Gasteiger partial charge on any atom is 0.303 e. The molecule has 1 aromatic rings. The van der Waals surface area contributed by atoms with Crippen LogP contribution in [0, 0.1) is 6.92 Å². The molecule has 1 N–H and O–H groups in total. The number of aryl methyl sites for hydroxylation is 1. The van der Waals surface area contributed by atoms with E-state index in [1.54, 1.807) is 18.0 Å². The van der Waals surface area contributed by atoms with Gasteiger partial charge < -0.3 is 10.0 Å². The molecule has 0 fully saturated rings. The number of nitrogens with zero attached hydrogens (tertiary/aromatic N) is 1. The van der Waals surface area contributed by atoms with Crippen molar-refractivity contribution in [1.29, 1.82) is 0 Å². The second kappa shape index (κ2) is 5.65.